The van der Waals surface area contributed by atoms with Gasteiger partial charge in [-0.25, -0.2) is 0 Å². The van der Waals surface area contributed by atoms with Crippen LogP contribution >= 0.6 is 0 Å². The Morgan fingerprint density at radius 3 is 2.19 bits per heavy atom. The van der Waals surface area contributed by atoms with Gasteiger partial charge in [-0.1, -0.05) is 46.8 Å². The van der Waals surface area contributed by atoms with Crippen molar-refractivity contribution in [2.75, 3.05) is 6.61 Å². The number of aliphatic hydroxyl groups is 2. The molecular formula is C30H50O2. The number of fused-ring (bicyclic) bond motifs is 7. The molecule has 182 valence electrons. The summed E-state index contributed by atoms with van der Waals surface area (Å²) >= 11 is 0. The molecule has 5 saturated carbocycles. The van der Waals surface area contributed by atoms with Crippen LogP contribution < -0.4 is 0 Å². The molecule has 0 aromatic heterocycles. The Morgan fingerprint density at radius 2 is 1.53 bits per heavy atom. The van der Waals surface area contributed by atoms with Crippen LogP contribution in [0.2, 0.25) is 0 Å². The smallest absolute Gasteiger partial charge is 0.0594 e. The lowest BCUT2D eigenvalue weighted by molar-refractivity contribution is -0.249. The van der Waals surface area contributed by atoms with E-state index in [0.717, 1.165) is 18.3 Å². The van der Waals surface area contributed by atoms with Gasteiger partial charge in [-0.15, -0.1) is 0 Å². The van der Waals surface area contributed by atoms with Gasteiger partial charge >= 0.3 is 0 Å². The second-order valence-electron chi connectivity index (χ2n) is 14.6. The largest absolute Gasteiger partial charge is 0.396 e. The Kier molecular flexibility index (Phi) is 5.19. The zero-order chi connectivity index (χ0) is 23.3. The fourth-order valence-corrected chi connectivity index (χ4v) is 11.5. The lowest BCUT2D eigenvalue weighted by Crippen LogP contribution is -2.66. The van der Waals surface area contributed by atoms with Gasteiger partial charge in [0.2, 0.25) is 0 Å². The van der Waals surface area contributed by atoms with Crippen molar-refractivity contribution >= 4 is 0 Å². The van der Waals surface area contributed by atoms with Gasteiger partial charge in [0.1, 0.15) is 0 Å². The first-order chi connectivity index (χ1) is 14.9. The summed E-state index contributed by atoms with van der Waals surface area (Å²) in [5.74, 6) is 3.33. The van der Waals surface area contributed by atoms with E-state index < -0.39 is 0 Å². The summed E-state index contributed by atoms with van der Waals surface area (Å²) < 4.78 is 0. The predicted molar refractivity (Wildman–Crippen MR) is 132 cm³/mol. The van der Waals surface area contributed by atoms with Gasteiger partial charge in [-0.3, -0.25) is 0 Å². The molecule has 10 atom stereocenters. The van der Waals surface area contributed by atoms with Crippen LogP contribution in [0.5, 0.6) is 0 Å². The molecule has 0 aliphatic heterocycles. The fraction of sp³-hybridized carbons (Fsp3) is 0.933. The van der Waals surface area contributed by atoms with Gasteiger partial charge in [0, 0.05) is 6.61 Å². The zero-order valence-corrected chi connectivity index (χ0v) is 21.8. The summed E-state index contributed by atoms with van der Waals surface area (Å²) in [7, 11) is 0. The summed E-state index contributed by atoms with van der Waals surface area (Å²) in [4.78, 5) is 0. The van der Waals surface area contributed by atoms with Gasteiger partial charge in [0.05, 0.1) is 6.10 Å². The molecule has 0 amide bonds. The quantitative estimate of drug-likeness (QED) is 0.452. The number of allylic oxidation sites excluding steroid dienone is 1. The van der Waals surface area contributed by atoms with Gasteiger partial charge in [0.25, 0.3) is 0 Å². The molecule has 0 aromatic rings. The van der Waals surface area contributed by atoms with E-state index in [1.807, 2.05) is 0 Å². The Balaban J connectivity index is 1.55. The average Bonchev–Trinajstić information content (AvgIpc) is 3.12. The van der Waals surface area contributed by atoms with Crippen molar-refractivity contribution in [2.24, 2.45) is 56.7 Å². The fourth-order valence-electron chi connectivity index (χ4n) is 11.5. The van der Waals surface area contributed by atoms with Crippen LogP contribution in [0.25, 0.3) is 0 Å². The first-order valence-corrected chi connectivity index (χ1v) is 13.8. The van der Waals surface area contributed by atoms with Crippen molar-refractivity contribution < 1.29 is 10.2 Å². The Morgan fingerprint density at radius 1 is 0.812 bits per heavy atom. The van der Waals surface area contributed by atoms with Crippen LogP contribution in [0.4, 0.5) is 0 Å². The number of aliphatic hydroxyl groups excluding tert-OH is 2. The molecule has 0 aromatic carbocycles. The summed E-state index contributed by atoms with van der Waals surface area (Å²) in [6.45, 7) is 19.7. The van der Waals surface area contributed by atoms with Gasteiger partial charge in [-0.05, 0) is 128 Å². The van der Waals surface area contributed by atoms with Crippen LogP contribution in [0.15, 0.2) is 12.2 Å². The van der Waals surface area contributed by atoms with Gasteiger partial charge in [0.15, 0.2) is 0 Å². The molecule has 2 N–H and O–H groups in total. The van der Waals surface area contributed by atoms with Gasteiger partial charge < -0.3 is 10.2 Å². The number of hydrogen-bond donors (Lipinski definition) is 2. The van der Waals surface area contributed by atoms with Crippen molar-refractivity contribution in [1.82, 2.24) is 0 Å². The summed E-state index contributed by atoms with van der Waals surface area (Å²) in [5.41, 5.74) is 2.60. The highest BCUT2D eigenvalue weighted by atomic mass is 16.3. The molecule has 5 aliphatic carbocycles. The van der Waals surface area contributed by atoms with Crippen LogP contribution in [0.3, 0.4) is 0 Å². The van der Waals surface area contributed by atoms with E-state index in [0.29, 0.717) is 40.6 Å². The molecule has 5 fully saturated rings. The lowest BCUT2D eigenvalue weighted by Gasteiger charge is -2.73. The second-order valence-corrected chi connectivity index (χ2v) is 14.6. The Hall–Kier alpha value is -0.340. The van der Waals surface area contributed by atoms with Crippen molar-refractivity contribution in [3.8, 4) is 0 Å². The van der Waals surface area contributed by atoms with Gasteiger partial charge in [-0.2, -0.15) is 0 Å². The lowest BCUT2D eigenvalue weighted by atomic mass is 9.32. The minimum atomic E-state index is -0.147. The third-order valence-electron chi connectivity index (χ3n) is 13.5. The standard InChI is InChI=1S/C30H50O2/c1-19(2)20-10-15-30(18-31)17-16-28(6)21(25(20)30)8-9-23-27(5)13-12-24(32)26(3,4)22(27)11-14-29(23,28)7/h20-25,31-32H,1,8-18H2,2-7H3/t20?,21?,22?,23?,24?,25?,27?,28-,29-,30?/m1/s1. The molecule has 2 nitrogen and oxygen atoms in total. The van der Waals surface area contributed by atoms with E-state index in [1.54, 1.807) is 0 Å². The summed E-state index contributed by atoms with van der Waals surface area (Å²) in [5, 5.41) is 21.5. The molecule has 5 rings (SSSR count). The van der Waals surface area contributed by atoms with Crippen LogP contribution in [-0.4, -0.2) is 22.9 Å². The molecule has 5 aliphatic rings. The zero-order valence-electron chi connectivity index (χ0n) is 21.8. The van der Waals surface area contributed by atoms with Crippen molar-refractivity contribution in [3.05, 3.63) is 12.2 Å². The number of hydrogen-bond acceptors (Lipinski definition) is 2. The first-order valence-electron chi connectivity index (χ1n) is 13.8. The highest BCUT2D eigenvalue weighted by Crippen LogP contribution is 2.77. The maximum absolute atomic E-state index is 10.9. The first kappa shape index (κ1) is 23.4. The van der Waals surface area contributed by atoms with E-state index in [4.69, 9.17) is 0 Å². The van der Waals surface area contributed by atoms with E-state index in [1.165, 1.54) is 63.4 Å². The molecule has 0 radical (unpaired) electrons. The maximum atomic E-state index is 10.9. The third kappa shape index (κ3) is 2.66. The van der Waals surface area contributed by atoms with Crippen molar-refractivity contribution in [1.29, 1.82) is 0 Å². The molecule has 2 heteroatoms. The van der Waals surface area contributed by atoms with Crippen molar-refractivity contribution in [3.63, 3.8) is 0 Å². The Labute approximate surface area is 197 Å². The highest BCUT2D eigenvalue weighted by Gasteiger charge is 2.70. The van der Waals surface area contributed by atoms with Crippen molar-refractivity contribution in [2.45, 2.75) is 112 Å². The van der Waals surface area contributed by atoms with Crippen LogP contribution in [-0.2, 0) is 0 Å². The molecule has 0 saturated heterocycles. The normalized spacial score (nSPS) is 56.5. The minimum absolute atomic E-state index is 0.0290. The van der Waals surface area contributed by atoms with E-state index in [9.17, 15) is 10.2 Å². The molecule has 0 bridgehead atoms. The summed E-state index contributed by atoms with van der Waals surface area (Å²) in [6, 6.07) is 0. The minimum Gasteiger partial charge on any atom is -0.396 e. The van der Waals surface area contributed by atoms with E-state index in [2.05, 4.69) is 48.1 Å². The molecule has 0 heterocycles. The maximum Gasteiger partial charge on any atom is 0.0594 e. The second kappa shape index (κ2) is 7.09. The SMILES string of the molecule is C=C(C)C1CCC2(CO)CC[C@]3(C)C(CCC4C5(C)CCC(O)C(C)(C)C5CC[C@]43C)C12. The molecule has 0 spiro atoms. The molecule has 32 heavy (non-hydrogen) atoms. The molecular weight excluding hydrogens is 392 g/mol. The monoisotopic (exact) mass is 442 g/mol. The third-order valence-corrected chi connectivity index (χ3v) is 13.5. The summed E-state index contributed by atoms with van der Waals surface area (Å²) in [6.07, 6.45) is 12.2. The van der Waals surface area contributed by atoms with E-state index in [-0.39, 0.29) is 16.9 Å². The van der Waals surface area contributed by atoms with Crippen LogP contribution in [0, 0.1) is 56.7 Å². The Bertz CT molecular complexity index is 786. The topological polar surface area (TPSA) is 40.5 Å². The predicted octanol–water partition coefficient (Wildman–Crippen LogP) is 7.00. The van der Waals surface area contributed by atoms with E-state index >= 15 is 0 Å². The van der Waals surface area contributed by atoms with Crippen LogP contribution in [0.1, 0.15) is 106 Å². The molecule has 8 unspecified atom stereocenters. The average molecular weight is 443 g/mol. The number of rotatable bonds is 2. The highest BCUT2D eigenvalue weighted by molar-refractivity contribution is 5.21.